The highest BCUT2D eigenvalue weighted by molar-refractivity contribution is 6.00. The lowest BCUT2D eigenvalue weighted by Crippen LogP contribution is -2.77. The van der Waals surface area contributed by atoms with Gasteiger partial charge < -0.3 is 18.9 Å². The summed E-state index contributed by atoms with van der Waals surface area (Å²) < 4.78 is 23.4. The molecule has 5 rings (SSSR count). The second-order valence-corrected chi connectivity index (χ2v) is 10.4. The third-order valence-corrected chi connectivity index (χ3v) is 8.82. The number of ether oxygens (including phenoxy) is 4. The van der Waals surface area contributed by atoms with Crippen LogP contribution in [-0.2, 0) is 38.1 Å². The number of carbonyl (C=O) groups is 4. The predicted molar refractivity (Wildman–Crippen MR) is 100.0 cm³/mol. The first-order valence-electron chi connectivity index (χ1n) is 10.7. The average Bonchev–Trinajstić information content (AvgIpc) is 3.29. The molecular weight excluding hydrogens is 392 g/mol. The summed E-state index contributed by atoms with van der Waals surface area (Å²) in [5, 5.41) is 0. The van der Waals surface area contributed by atoms with Gasteiger partial charge in [-0.25, -0.2) is 0 Å². The van der Waals surface area contributed by atoms with Crippen molar-refractivity contribution in [3.8, 4) is 0 Å². The number of cyclic esters (lactones) is 1. The Morgan fingerprint density at radius 2 is 1.80 bits per heavy atom. The zero-order valence-electron chi connectivity index (χ0n) is 17.9. The summed E-state index contributed by atoms with van der Waals surface area (Å²) in [6.07, 6.45) is 2.20. The molecule has 0 aromatic carbocycles. The average molecular weight is 420 g/mol. The summed E-state index contributed by atoms with van der Waals surface area (Å²) in [4.78, 5) is 50.8. The van der Waals surface area contributed by atoms with E-state index in [0.717, 1.165) is 6.42 Å². The maximum atomic E-state index is 13.8. The zero-order valence-corrected chi connectivity index (χ0v) is 17.9. The van der Waals surface area contributed by atoms with Crippen LogP contribution in [0.1, 0.15) is 66.2 Å². The minimum atomic E-state index is -1.63. The summed E-state index contributed by atoms with van der Waals surface area (Å²) in [6, 6.07) is 0. The van der Waals surface area contributed by atoms with Gasteiger partial charge in [0.1, 0.15) is 17.8 Å². The topological polar surface area (TPSA) is 105 Å². The molecule has 0 aromatic rings. The van der Waals surface area contributed by atoms with E-state index >= 15 is 0 Å². The Hall–Kier alpha value is -1.96. The molecule has 0 N–H and O–H groups in total. The van der Waals surface area contributed by atoms with Crippen molar-refractivity contribution in [2.24, 2.45) is 16.7 Å². The van der Waals surface area contributed by atoms with E-state index < -0.39 is 45.5 Å². The van der Waals surface area contributed by atoms with Gasteiger partial charge >= 0.3 is 17.9 Å². The molecule has 30 heavy (non-hydrogen) atoms. The molecule has 0 aromatic heterocycles. The third kappa shape index (κ3) is 2.06. The van der Waals surface area contributed by atoms with Crippen LogP contribution in [0.5, 0.6) is 0 Å². The number of ketones is 1. The van der Waals surface area contributed by atoms with Gasteiger partial charge in [0.15, 0.2) is 11.7 Å². The van der Waals surface area contributed by atoms with Crippen LogP contribution in [0.3, 0.4) is 0 Å². The standard InChI is InChI=1S/C22H28O8/c1-12(23)29-20(4)16(25)14-15-18(2,17(26)28-14)6-5-7-19(15,3)22(20)9-8-21(30-22)10-13(24)27-11-21/h14-15H,5-11H2,1-4H3. The van der Waals surface area contributed by atoms with E-state index in [0.29, 0.717) is 25.7 Å². The molecule has 0 bridgehead atoms. The summed E-state index contributed by atoms with van der Waals surface area (Å²) in [6.45, 7) is 6.88. The van der Waals surface area contributed by atoms with E-state index in [-0.39, 0.29) is 30.9 Å². The van der Waals surface area contributed by atoms with Crippen LogP contribution in [0.25, 0.3) is 0 Å². The first kappa shape index (κ1) is 20.0. The van der Waals surface area contributed by atoms with E-state index in [1.165, 1.54) is 6.92 Å². The van der Waals surface area contributed by atoms with Crippen LogP contribution in [0, 0.1) is 16.7 Å². The highest BCUT2D eigenvalue weighted by Crippen LogP contribution is 2.71. The molecule has 3 saturated heterocycles. The van der Waals surface area contributed by atoms with E-state index in [9.17, 15) is 19.2 Å². The molecule has 7 unspecified atom stereocenters. The van der Waals surface area contributed by atoms with Crippen LogP contribution >= 0.6 is 0 Å². The minimum Gasteiger partial charge on any atom is -0.463 e. The fourth-order valence-electron chi connectivity index (χ4n) is 7.56. The molecule has 5 fully saturated rings. The van der Waals surface area contributed by atoms with E-state index in [4.69, 9.17) is 18.9 Å². The molecule has 5 aliphatic rings. The molecule has 3 heterocycles. The zero-order chi connectivity index (χ0) is 21.7. The molecule has 3 aliphatic heterocycles. The van der Waals surface area contributed by atoms with Gasteiger partial charge in [0.2, 0.25) is 5.78 Å². The second-order valence-electron chi connectivity index (χ2n) is 10.4. The Morgan fingerprint density at radius 1 is 1.07 bits per heavy atom. The molecule has 2 spiro atoms. The first-order valence-corrected chi connectivity index (χ1v) is 10.7. The smallest absolute Gasteiger partial charge is 0.312 e. The van der Waals surface area contributed by atoms with Crippen molar-refractivity contribution in [1.29, 1.82) is 0 Å². The summed E-state index contributed by atoms with van der Waals surface area (Å²) in [5.41, 5.74) is -5.10. The number of rotatable bonds is 1. The highest BCUT2D eigenvalue weighted by Gasteiger charge is 2.82. The number of esters is 3. The fraction of sp³-hybridized carbons (Fsp3) is 0.818. The lowest BCUT2D eigenvalue weighted by Gasteiger charge is -2.64. The quantitative estimate of drug-likeness (QED) is 0.468. The Kier molecular flexibility index (Phi) is 3.75. The van der Waals surface area contributed by atoms with E-state index in [1.807, 2.05) is 13.8 Å². The SMILES string of the molecule is CC(=O)OC1(C)C(=O)C2OC(=O)C3(C)CCCC(C)(C23)C12CCC1(COC(=O)C1)O2. The molecule has 2 saturated carbocycles. The molecule has 0 radical (unpaired) electrons. The van der Waals surface area contributed by atoms with Crippen molar-refractivity contribution < 1.29 is 38.1 Å². The van der Waals surface area contributed by atoms with Crippen molar-refractivity contribution in [3.05, 3.63) is 0 Å². The fourth-order valence-corrected chi connectivity index (χ4v) is 7.56. The van der Waals surface area contributed by atoms with Gasteiger partial charge in [-0.2, -0.15) is 0 Å². The van der Waals surface area contributed by atoms with Crippen molar-refractivity contribution >= 4 is 23.7 Å². The molecular formula is C22H28O8. The number of hydrogen-bond acceptors (Lipinski definition) is 8. The van der Waals surface area contributed by atoms with Crippen LogP contribution in [0.2, 0.25) is 0 Å². The lowest BCUT2D eigenvalue weighted by atomic mass is 9.42. The summed E-state index contributed by atoms with van der Waals surface area (Å²) >= 11 is 0. The van der Waals surface area contributed by atoms with Gasteiger partial charge in [-0.3, -0.25) is 19.2 Å². The molecule has 7 atom stereocenters. The van der Waals surface area contributed by atoms with Gasteiger partial charge in [0, 0.05) is 18.3 Å². The maximum Gasteiger partial charge on any atom is 0.312 e. The summed E-state index contributed by atoms with van der Waals surface area (Å²) in [5.74, 6) is -2.11. The Balaban J connectivity index is 1.71. The number of carbonyl (C=O) groups excluding carboxylic acids is 4. The van der Waals surface area contributed by atoms with Crippen molar-refractivity contribution in [1.82, 2.24) is 0 Å². The Labute approximate surface area is 174 Å². The van der Waals surface area contributed by atoms with Gasteiger partial charge in [0.05, 0.1) is 11.8 Å². The molecule has 2 aliphatic carbocycles. The molecule has 8 heteroatoms. The van der Waals surface area contributed by atoms with Gasteiger partial charge in [0.25, 0.3) is 0 Å². The normalized spacial score (nSPS) is 51.8. The van der Waals surface area contributed by atoms with Crippen molar-refractivity contribution in [2.75, 3.05) is 6.61 Å². The largest absolute Gasteiger partial charge is 0.463 e. The van der Waals surface area contributed by atoms with Crippen LogP contribution < -0.4 is 0 Å². The number of hydrogen-bond donors (Lipinski definition) is 0. The monoisotopic (exact) mass is 420 g/mol. The Bertz CT molecular complexity index is 882. The lowest BCUT2D eigenvalue weighted by molar-refractivity contribution is -0.288. The van der Waals surface area contributed by atoms with Crippen LogP contribution in [0.15, 0.2) is 0 Å². The van der Waals surface area contributed by atoms with Crippen LogP contribution in [-0.4, -0.2) is 53.2 Å². The maximum absolute atomic E-state index is 13.8. The number of Topliss-reactive ketones (excluding diaryl/α,β-unsaturated/α-hetero) is 1. The van der Waals surface area contributed by atoms with Crippen LogP contribution in [0.4, 0.5) is 0 Å². The molecule has 8 nitrogen and oxygen atoms in total. The van der Waals surface area contributed by atoms with Crippen molar-refractivity contribution in [2.45, 2.75) is 89.1 Å². The minimum absolute atomic E-state index is 0.107. The van der Waals surface area contributed by atoms with Gasteiger partial charge in [-0.1, -0.05) is 13.3 Å². The van der Waals surface area contributed by atoms with Crippen molar-refractivity contribution in [3.63, 3.8) is 0 Å². The predicted octanol–water partition coefficient (Wildman–Crippen LogP) is 1.86. The summed E-state index contributed by atoms with van der Waals surface area (Å²) in [7, 11) is 0. The molecule has 0 amide bonds. The third-order valence-electron chi connectivity index (χ3n) is 8.82. The van der Waals surface area contributed by atoms with E-state index in [1.54, 1.807) is 6.92 Å². The van der Waals surface area contributed by atoms with Gasteiger partial charge in [-0.05, 0) is 39.5 Å². The Morgan fingerprint density at radius 3 is 2.43 bits per heavy atom. The van der Waals surface area contributed by atoms with E-state index in [2.05, 4.69) is 0 Å². The first-order chi connectivity index (χ1) is 13.9. The molecule has 164 valence electrons. The number of fused-ring (bicyclic) bond motifs is 1. The van der Waals surface area contributed by atoms with Gasteiger partial charge in [-0.15, -0.1) is 0 Å². The highest BCUT2D eigenvalue weighted by atomic mass is 16.6. The second kappa shape index (κ2) is 5.64.